The van der Waals surface area contributed by atoms with E-state index < -0.39 is 184 Å². The monoisotopic (exact) mass is 1510 g/mol. The number of aromatic nitrogens is 2. The number of fused-ring (bicyclic) bond motifs is 2. The molecule has 4 aromatic rings. The molecule has 7 amide bonds. The molecule has 13 atom stereocenters. The quantitative estimate of drug-likeness (QED) is 0.0160. The molecule has 3 aliphatic heterocycles. The molecule has 4 heterocycles. The number of aliphatic hydroxyl groups excluding tert-OH is 9. The largest absolute Gasteiger partial charge is 0.504 e. The maximum Gasteiger partial charge on any atom is 0.261 e. The number of hydrogen-bond donors (Lipinski definition) is 17. The molecule has 9 rings (SSSR count). The van der Waals surface area contributed by atoms with Crippen LogP contribution in [-0.2, 0) is 49.3 Å². The average molecular weight is 1510 g/mol. The zero-order valence-corrected chi connectivity index (χ0v) is 60.4. The van der Waals surface area contributed by atoms with Gasteiger partial charge < -0.3 is 102 Å². The van der Waals surface area contributed by atoms with Crippen LogP contribution in [0, 0.1) is 17.8 Å². The van der Waals surface area contributed by atoms with Crippen LogP contribution in [0.1, 0.15) is 138 Å². The van der Waals surface area contributed by atoms with Crippen LogP contribution in [0.5, 0.6) is 11.5 Å². The SMILES string of the molecule is C[C@@H](O)[C@@H]1NC(=O)[C@@H](NC(=O)c2ccc(-c3nnc(-c4ccc(C5CCC(C6CCC(OCCCCCCO)CC6)CC5)cc4)s3)cc2)C[C@@H](O)CNC(=O)[C@@H]2[C@@H](O)[C@@H](C)CN2C(=O)[C@H]([C@H](O)CCNC(CO)CO)NC(=O)[C@H]([C@H](O)Cc2ccc(O)c(OSOOO)c2)NC(=O)[C@@H]2C[C@@H](O)CN2C1=O. The highest BCUT2D eigenvalue weighted by atomic mass is 32.2. The van der Waals surface area contributed by atoms with Gasteiger partial charge in [0.1, 0.15) is 46.3 Å². The molecule has 34 heteroatoms. The van der Waals surface area contributed by atoms with E-state index in [9.17, 15) is 74.7 Å². The lowest BCUT2D eigenvalue weighted by Crippen LogP contribution is -2.64. The zero-order valence-electron chi connectivity index (χ0n) is 58.7. The van der Waals surface area contributed by atoms with Gasteiger partial charge in [-0.1, -0.05) is 82.9 Å². The maximum absolute atomic E-state index is 15.0. The van der Waals surface area contributed by atoms with Crippen molar-refractivity contribution in [2.45, 2.75) is 208 Å². The van der Waals surface area contributed by atoms with Crippen LogP contribution in [-0.4, -0.2) is 255 Å². The first-order valence-corrected chi connectivity index (χ1v) is 37.5. The van der Waals surface area contributed by atoms with Crippen LogP contribution in [0.3, 0.4) is 0 Å². The van der Waals surface area contributed by atoms with E-state index in [1.165, 1.54) is 73.8 Å². The molecule has 3 saturated heterocycles. The summed E-state index contributed by atoms with van der Waals surface area (Å²) in [5, 5.41) is 146. The fourth-order valence-corrected chi connectivity index (χ4v) is 15.8. The first-order valence-electron chi connectivity index (χ1n) is 36.0. The summed E-state index contributed by atoms with van der Waals surface area (Å²) >= 11 is 1.42. The van der Waals surface area contributed by atoms with Crippen LogP contribution in [0.2, 0.25) is 0 Å². The molecular formula is C71H100N10O22S2. The number of phenolic OH excluding ortho intramolecular Hbond substituents is 1. The van der Waals surface area contributed by atoms with E-state index in [1.54, 1.807) is 12.1 Å². The molecule has 578 valence electrons. The third-order valence-electron chi connectivity index (χ3n) is 20.7. The zero-order chi connectivity index (χ0) is 75.4. The summed E-state index contributed by atoms with van der Waals surface area (Å²) in [5.41, 5.74) is 2.93. The number of rotatable bonds is 28. The van der Waals surface area contributed by atoms with Gasteiger partial charge in [0, 0.05) is 74.7 Å². The van der Waals surface area contributed by atoms with Crippen molar-refractivity contribution < 1.29 is 108 Å². The Morgan fingerprint density at radius 2 is 1.33 bits per heavy atom. The molecule has 5 fully saturated rings. The third kappa shape index (κ3) is 22.1. The highest BCUT2D eigenvalue weighted by Gasteiger charge is 2.50. The summed E-state index contributed by atoms with van der Waals surface area (Å²) in [5.74, 6) is -7.63. The fraction of sp³-hybridized carbons (Fsp3) is 0.620. The number of unbranched alkanes of at least 4 members (excludes halogenated alkanes) is 3. The number of carbonyl (C=O) groups excluding carboxylic acids is 7. The number of aliphatic hydroxyl groups is 9. The second kappa shape index (κ2) is 39.7. The van der Waals surface area contributed by atoms with E-state index in [2.05, 4.69) is 75.7 Å². The number of carbonyl (C=O) groups is 7. The van der Waals surface area contributed by atoms with Gasteiger partial charge in [-0.2, -0.15) is 0 Å². The number of phenols is 1. The van der Waals surface area contributed by atoms with Crippen molar-refractivity contribution in [1.29, 1.82) is 0 Å². The van der Waals surface area contributed by atoms with Crippen molar-refractivity contribution >= 4 is 65.0 Å². The van der Waals surface area contributed by atoms with E-state index in [0.29, 0.717) is 27.6 Å². The Kier molecular flexibility index (Phi) is 31.0. The lowest BCUT2D eigenvalue weighted by atomic mass is 9.69. The Bertz CT molecular complexity index is 3490. The van der Waals surface area contributed by atoms with E-state index >= 15 is 4.79 Å². The first kappa shape index (κ1) is 82.0. The third-order valence-corrected chi connectivity index (χ3v) is 22.1. The van der Waals surface area contributed by atoms with Gasteiger partial charge in [0.15, 0.2) is 11.5 Å². The van der Waals surface area contributed by atoms with Crippen molar-refractivity contribution in [3.05, 3.63) is 83.4 Å². The Morgan fingerprint density at radius 3 is 1.98 bits per heavy atom. The van der Waals surface area contributed by atoms with Crippen molar-refractivity contribution in [3.8, 4) is 32.6 Å². The number of hydrogen-bond acceptors (Lipinski definition) is 27. The number of aromatic hydroxyl groups is 1. The summed E-state index contributed by atoms with van der Waals surface area (Å²) in [6, 6.07) is 5.90. The van der Waals surface area contributed by atoms with E-state index in [0.717, 1.165) is 98.2 Å². The fourth-order valence-electron chi connectivity index (χ4n) is 14.7. The standard InChI is InChI=1S/C71H100N10O22S2/c1-38-34-81-61(62(38)91)67(96)73-33-49(86)31-52(74-63(92)45-14-18-47(19-15-45)69-79-78-68(104-69)46-16-12-43(13-17-46)41-8-10-42(11-9-41)44-20-22-51(23-21-44)100-28-6-4-3-5-27-82)64(93)75-58(39(2)85)70(97)80-35-50(87)32-53(80)65(94)76-59(56(90)29-40-7-24-54(88)57(30-40)101-105-103-102-99)66(95)77-60(71(81)98)55(89)25-26-72-48(36-83)37-84/h7,12-19,24,30,38-39,41-42,44,48-53,55-56,58-62,72,82-91,99H,3-6,8-11,20-23,25-29,31-37H2,1-2H3,(H,73,96)(H,74,92)(H,75,93)(H,76,94)(H,77,95)/t38-,39+,41?,42?,44?,49+,50+,51?,52-,53-,55+,56+,58-,59-,60-,61-,62-/m0/s1. The van der Waals surface area contributed by atoms with Gasteiger partial charge >= 0.3 is 0 Å². The van der Waals surface area contributed by atoms with Gasteiger partial charge in [0.25, 0.3) is 18.2 Å². The molecule has 0 spiro atoms. The molecule has 3 aromatic carbocycles. The molecule has 2 saturated carbocycles. The van der Waals surface area contributed by atoms with E-state index in [4.69, 9.17) is 19.3 Å². The van der Waals surface area contributed by atoms with Gasteiger partial charge in [0.2, 0.25) is 35.4 Å². The second-order valence-corrected chi connectivity index (χ2v) is 29.6. The summed E-state index contributed by atoms with van der Waals surface area (Å²) in [7, 11) is 0. The molecule has 0 bridgehead atoms. The minimum Gasteiger partial charge on any atom is -0.504 e. The first-order chi connectivity index (χ1) is 50.5. The smallest absolute Gasteiger partial charge is 0.261 e. The highest BCUT2D eigenvalue weighted by Crippen LogP contribution is 2.44. The molecule has 2 aliphatic carbocycles. The number of nitrogens with one attached hydrogen (secondary N) is 6. The van der Waals surface area contributed by atoms with Crippen LogP contribution in [0.25, 0.3) is 21.1 Å². The minimum absolute atomic E-state index is 0.0227. The van der Waals surface area contributed by atoms with Gasteiger partial charge in [-0.05, 0) is 137 Å². The molecule has 17 N–H and O–H groups in total. The van der Waals surface area contributed by atoms with Crippen LogP contribution in [0.15, 0.2) is 66.7 Å². The maximum atomic E-state index is 15.0. The normalized spacial score (nSPS) is 27.8. The number of nitrogens with zero attached hydrogens (tertiary/aromatic N) is 4. The van der Waals surface area contributed by atoms with Gasteiger partial charge in [-0.3, -0.25) is 33.6 Å². The second-order valence-electron chi connectivity index (χ2n) is 28.2. The molecule has 0 unspecified atom stereocenters. The lowest BCUT2D eigenvalue weighted by Gasteiger charge is -2.38. The molecular weight excluding hydrogens is 1410 g/mol. The highest BCUT2D eigenvalue weighted by molar-refractivity contribution is 7.90. The Balaban J connectivity index is 0.916. The molecule has 1 aromatic heterocycles. The van der Waals surface area contributed by atoms with Crippen molar-refractivity contribution in [2.75, 3.05) is 52.6 Å². The van der Waals surface area contributed by atoms with Crippen LogP contribution >= 0.6 is 23.7 Å². The predicted octanol–water partition coefficient (Wildman–Crippen LogP) is 0.624. The Hall–Kier alpha value is -7.10. The van der Waals surface area contributed by atoms with Crippen molar-refractivity contribution in [3.63, 3.8) is 0 Å². The van der Waals surface area contributed by atoms with Gasteiger partial charge in [-0.25, -0.2) is 5.26 Å². The molecule has 5 aliphatic rings. The number of ether oxygens (including phenoxy) is 1. The Morgan fingerprint density at radius 1 is 0.705 bits per heavy atom. The van der Waals surface area contributed by atoms with Crippen molar-refractivity contribution in [1.82, 2.24) is 51.9 Å². The lowest BCUT2D eigenvalue weighted by molar-refractivity contribution is -0.433. The summed E-state index contributed by atoms with van der Waals surface area (Å²) in [4.78, 5) is 104. The summed E-state index contributed by atoms with van der Waals surface area (Å²) in [6.45, 7) is 0.741. The van der Waals surface area contributed by atoms with Gasteiger partial charge in [-0.15, -0.1) is 10.2 Å². The van der Waals surface area contributed by atoms with E-state index in [-0.39, 0.29) is 48.9 Å². The molecule has 32 nitrogen and oxygen atoms in total. The van der Waals surface area contributed by atoms with Crippen LogP contribution < -0.4 is 36.1 Å². The number of β-amino-alcohol motifs (C(OH)–C–C–N with tert-alkyl or cyclic N) is 1. The summed E-state index contributed by atoms with van der Waals surface area (Å²) < 4.78 is 15.6. The topological polar surface area (TPSA) is 483 Å². The average Bonchev–Trinajstić information content (AvgIpc) is 1.68. The van der Waals surface area contributed by atoms with Gasteiger partial charge in [0.05, 0.1) is 62.0 Å². The summed E-state index contributed by atoms with van der Waals surface area (Å²) in [6.07, 6.45) is 1.15. The molecule has 105 heavy (non-hydrogen) atoms. The minimum atomic E-state index is -2.16. The predicted molar refractivity (Wildman–Crippen MR) is 379 cm³/mol. The van der Waals surface area contributed by atoms with Crippen molar-refractivity contribution in [2.24, 2.45) is 17.8 Å². The van der Waals surface area contributed by atoms with Crippen LogP contribution in [0.4, 0.5) is 0 Å². The van der Waals surface area contributed by atoms with E-state index in [1.807, 2.05) is 0 Å². The number of benzene rings is 3. The molecule has 0 radical (unpaired) electrons. The Labute approximate surface area is 616 Å². The number of amides is 7.